The first kappa shape index (κ1) is 17.9. The molecule has 2 aliphatic rings. The first-order chi connectivity index (χ1) is 12.8. The molecule has 0 radical (unpaired) electrons. The number of aromatic amines is 1. The molecular weight excluding hydrogens is 365 g/mol. The van der Waals surface area contributed by atoms with Crippen LogP contribution in [0.2, 0.25) is 0 Å². The van der Waals surface area contributed by atoms with E-state index in [0.717, 1.165) is 23.1 Å². The molecule has 0 saturated carbocycles. The number of hydrogen-bond acceptors (Lipinski definition) is 3. The summed E-state index contributed by atoms with van der Waals surface area (Å²) in [4.78, 5) is 27.8. The fraction of sp³-hybridized carbons (Fsp3) is 0.588. The Morgan fingerprint density at radius 1 is 1.22 bits per heavy atom. The average molecular weight is 384 g/mol. The van der Waals surface area contributed by atoms with Crippen LogP contribution in [0.1, 0.15) is 48.5 Å². The van der Waals surface area contributed by atoms with Gasteiger partial charge in [0.15, 0.2) is 0 Å². The fourth-order valence-corrected chi connectivity index (χ4v) is 4.32. The SMILES string of the molecule is O=C(O)N1CCCC1c1nn(CC(F)(F)F)c2[nH]c(=O)c3c(c12)CCCC3. The molecular formula is C17H19F3N4O3. The number of likely N-dealkylation sites (tertiary alicyclic amines) is 1. The quantitative estimate of drug-likeness (QED) is 0.833. The molecule has 1 aliphatic carbocycles. The second-order valence-corrected chi connectivity index (χ2v) is 7.13. The third-order valence-electron chi connectivity index (χ3n) is 5.40. The highest BCUT2D eigenvalue weighted by Gasteiger charge is 2.37. The number of carboxylic acid groups (broad SMARTS) is 1. The Morgan fingerprint density at radius 2 is 1.93 bits per heavy atom. The van der Waals surface area contributed by atoms with Gasteiger partial charge in [-0.1, -0.05) is 0 Å². The van der Waals surface area contributed by atoms with E-state index in [9.17, 15) is 27.9 Å². The van der Waals surface area contributed by atoms with Gasteiger partial charge in [0.25, 0.3) is 5.56 Å². The maximum atomic E-state index is 13.0. The number of aryl methyl sites for hydroxylation is 1. The molecule has 0 bridgehead atoms. The summed E-state index contributed by atoms with van der Waals surface area (Å²) in [5.41, 5.74) is 1.28. The second-order valence-electron chi connectivity index (χ2n) is 7.13. The van der Waals surface area contributed by atoms with Crippen molar-refractivity contribution in [3.63, 3.8) is 0 Å². The molecule has 0 aromatic carbocycles. The van der Waals surface area contributed by atoms with E-state index < -0.39 is 24.9 Å². The Balaban J connectivity index is 1.97. The fourth-order valence-electron chi connectivity index (χ4n) is 4.32. The van der Waals surface area contributed by atoms with Gasteiger partial charge >= 0.3 is 12.3 Å². The Bertz CT molecular complexity index is 963. The monoisotopic (exact) mass is 384 g/mol. The van der Waals surface area contributed by atoms with E-state index in [4.69, 9.17) is 0 Å². The minimum absolute atomic E-state index is 0.0326. The number of fused-ring (bicyclic) bond motifs is 3. The molecule has 0 spiro atoms. The zero-order chi connectivity index (χ0) is 19.3. The van der Waals surface area contributed by atoms with Crippen LogP contribution in [-0.4, -0.2) is 43.6 Å². The Hall–Kier alpha value is -2.52. The number of carbonyl (C=O) groups is 1. The maximum absolute atomic E-state index is 13.0. The van der Waals surface area contributed by atoms with Gasteiger partial charge in [-0.05, 0) is 44.1 Å². The zero-order valence-electron chi connectivity index (χ0n) is 14.5. The highest BCUT2D eigenvalue weighted by atomic mass is 19.4. The summed E-state index contributed by atoms with van der Waals surface area (Å²) >= 11 is 0. The minimum atomic E-state index is -4.51. The van der Waals surface area contributed by atoms with Gasteiger partial charge < -0.3 is 10.1 Å². The van der Waals surface area contributed by atoms with Crippen molar-refractivity contribution in [2.45, 2.75) is 57.3 Å². The lowest BCUT2D eigenvalue weighted by Gasteiger charge is -2.21. The lowest BCUT2D eigenvalue weighted by molar-refractivity contribution is -0.142. The standard InChI is InChI=1S/C17H19F3N4O3/c18-17(19,20)8-24-14-12(9-4-1-2-5-10(9)15(25)21-14)13(22-24)11-6-3-7-23(11)16(26)27/h11H,1-8H2,(H,21,25)(H,26,27). The van der Waals surface area contributed by atoms with E-state index in [-0.39, 0.29) is 11.2 Å². The largest absolute Gasteiger partial charge is 0.465 e. The summed E-state index contributed by atoms with van der Waals surface area (Å²) in [5.74, 6) is 0. The van der Waals surface area contributed by atoms with Crippen molar-refractivity contribution in [3.05, 3.63) is 27.2 Å². The van der Waals surface area contributed by atoms with Crippen LogP contribution in [0, 0.1) is 0 Å². The van der Waals surface area contributed by atoms with E-state index in [2.05, 4.69) is 10.1 Å². The summed E-state index contributed by atoms with van der Waals surface area (Å²) in [6, 6.07) is -0.601. The molecule has 10 heteroatoms. The molecule has 2 aromatic rings. The molecule has 146 valence electrons. The average Bonchev–Trinajstić information content (AvgIpc) is 3.19. The van der Waals surface area contributed by atoms with Gasteiger partial charge in [0, 0.05) is 17.5 Å². The van der Waals surface area contributed by atoms with Crippen LogP contribution >= 0.6 is 0 Å². The molecule has 1 aliphatic heterocycles. The number of pyridine rings is 1. The normalized spacial score (nSPS) is 20.3. The van der Waals surface area contributed by atoms with Crippen molar-refractivity contribution >= 4 is 17.1 Å². The number of H-pyrrole nitrogens is 1. The number of nitrogens with one attached hydrogen (secondary N) is 1. The molecule has 27 heavy (non-hydrogen) atoms. The zero-order valence-corrected chi connectivity index (χ0v) is 14.5. The molecule has 1 atom stereocenters. The summed E-state index contributed by atoms with van der Waals surface area (Å²) < 4.78 is 39.9. The maximum Gasteiger partial charge on any atom is 0.408 e. The third-order valence-corrected chi connectivity index (χ3v) is 5.40. The molecule has 1 saturated heterocycles. The van der Waals surface area contributed by atoms with E-state index >= 15 is 0 Å². The van der Waals surface area contributed by atoms with Gasteiger partial charge in [0.1, 0.15) is 12.2 Å². The highest BCUT2D eigenvalue weighted by Crippen LogP contribution is 2.38. The smallest absolute Gasteiger partial charge is 0.408 e. The van der Waals surface area contributed by atoms with E-state index in [1.807, 2.05) is 0 Å². The van der Waals surface area contributed by atoms with E-state index in [0.29, 0.717) is 48.9 Å². The van der Waals surface area contributed by atoms with E-state index in [1.165, 1.54) is 4.90 Å². The second kappa shape index (κ2) is 6.28. The van der Waals surface area contributed by atoms with Crippen molar-refractivity contribution in [1.29, 1.82) is 0 Å². The lowest BCUT2D eigenvalue weighted by Crippen LogP contribution is -2.29. The van der Waals surface area contributed by atoms with Crippen molar-refractivity contribution in [1.82, 2.24) is 19.7 Å². The number of hydrogen-bond donors (Lipinski definition) is 2. The van der Waals surface area contributed by atoms with E-state index in [1.54, 1.807) is 0 Å². The van der Waals surface area contributed by atoms with Crippen molar-refractivity contribution in [2.24, 2.45) is 0 Å². The Morgan fingerprint density at radius 3 is 2.59 bits per heavy atom. The number of halogens is 3. The first-order valence-corrected chi connectivity index (χ1v) is 8.97. The van der Waals surface area contributed by atoms with Crippen LogP contribution in [0.3, 0.4) is 0 Å². The van der Waals surface area contributed by atoms with Gasteiger partial charge in [-0.25, -0.2) is 9.48 Å². The van der Waals surface area contributed by atoms with Gasteiger partial charge in [-0.3, -0.25) is 9.69 Å². The van der Waals surface area contributed by atoms with Gasteiger partial charge in [0.05, 0.1) is 11.7 Å². The molecule has 2 aromatic heterocycles. The van der Waals surface area contributed by atoms with Crippen molar-refractivity contribution in [3.8, 4) is 0 Å². The first-order valence-electron chi connectivity index (χ1n) is 8.97. The minimum Gasteiger partial charge on any atom is -0.465 e. The predicted octanol–water partition coefficient (Wildman–Crippen LogP) is 2.98. The molecule has 4 rings (SSSR count). The molecule has 2 N–H and O–H groups in total. The van der Waals surface area contributed by atoms with Gasteiger partial charge in [-0.15, -0.1) is 0 Å². The number of amides is 1. The Kier molecular flexibility index (Phi) is 4.15. The molecule has 1 fully saturated rings. The number of aromatic nitrogens is 3. The molecule has 1 unspecified atom stereocenters. The number of alkyl halides is 3. The van der Waals surface area contributed by atoms with Gasteiger partial charge in [-0.2, -0.15) is 18.3 Å². The van der Waals surface area contributed by atoms with Crippen molar-refractivity contribution in [2.75, 3.05) is 6.54 Å². The molecule has 3 heterocycles. The van der Waals surface area contributed by atoms with Crippen LogP contribution in [-0.2, 0) is 19.4 Å². The van der Waals surface area contributed by atoms with Crippen LogP contribution < -0.4 is 5.56 Å². The topological polar surface area (TPSA) is 91.2 Å². The number of rotatable bonds is 2. The molecule has 1 amide bonds. The van der Waals surface area contributed by atoms with Crippen LogP contribution in [0.25, 0.3) is 11.0 Å². The van der Waals surface area contributed by atoms with Gasteiger partial charge in [0.2, 0.25) is 0 Å². The highest BCUT2D eigenvalue weighted by molar-refractivity contribution is 5.84. The van der Waals surface area contributed by atoms with Crippen LogP contribution in [0.5, 0.6) is 0 Å². The third kappa shape index (κ3) is 3.06. The number of nitrogens with zero attached hydrogens (tertiary/aromatic N) is 3. The lowest BCUT2D eigenvalue weighted by atomic mass is 9.89. The summed E-state index contributed by atoms with van der Waals surface area (Å²) in [6.07, 6.45) is -1.67. The molecule has 7 nitrogen and oxygen atoms in total. The summed E-state index contributed by atoms with van der Waals surface area (Å²) in [5, 5.41) is 14.1. The summed E-state index contributed by atoms with van der Waals surface area (Å²) in [7, 11) is 0. The predicted molar refractivity (Wildman–Crippen MR) is 89.8 cm³/mol. The van der Waals surface area contributed by atoms with Crippen LogP contribution in [0.4, 0.5) is 18.0 Å². The van der Waals surface area contributed by atoms with Crippen LogP contribution in [0.15, 0.2) is 4.79 Å². The van der Waals surface area contributed by atoms with Crippen molar-refractivity contribution < 1.29 is 23.1 Å². The Labute approximate surface area is 151 Å². The summed E-state index contributed by atoms with van der Waals surface area (Å²) in [6.45, 7) is -1.02.